The van der Waals surface area contributed by atoms with Crippen LogP contribution < -0.4 is 10.5 Å². The third-order valence-electron chi connectivity index (χ3n) is 8.48. The predicted octanol–water partition coefficient (Wildman–Crippen LogP) is 5.70. The fourth-order valence-electron chi connectivity index (χ4n) is 6.25. The zero-order valence-corrected chi connectivity index (χ0v) is 22.2. The van der Waals surface area contributed by atoms with Crippen LogP contribution in [0.2, 0.25) is 0 Å². The number of benzene rings is 1. The molecule has 9 heteroatoms. The van der Waals surface area contributed by atoms with Crippen LogP contribution in [-0.4, -0.2) is 63.3 Å². The van der Waals surface area contributed by atoms with Crippen LogP contribution in [-0.2, 0) is 4.74 Å². The van der Waals surface area contributed by atoms with Crippen molar-refractivity contribution in [2.45, 2.75) is 76.0 Å². The van der Waals surface area contributed by atoms with Crippen LogP contribution in [0, 0.1) is 5.92 Å². The number of hydrogen-bond donors (Lipinski definition) is 1. The highest BCUT2D eigenvalue weighted by Crippen LogP contribution is 2.44. The predicted molar refractivity (Wildman–Crippen MR) is 143 cm³/mol. The molecule has 3 fully saturated rings. The molecule has 2 aliphatic heterocycles. The maximum absolute atomic E-state index is 13.5. The number of fused-ring (bicyclic) bond motifs is 1. The van der Waals surface area contributed by atoms with Crippen molar-refractivity contribution in [2.75, 3.05) is 32.0 Å². The van der Waals surface area contributed by atoms with Gasteiger partial charge in [-0.15, -0.1) is 0 Å². The van der Waals surface area contributed by atoms with E-state index in [1.807, 2.05) is 18.2 Å². The highest BCUT2D eigenvalue weighted by molar-refractivity contribution is 6.00. The van der Waals surface area contributed by atoms with Gasteiger partial charge in [-0.1, -0.05) is 12.1 Å². The molecule has 0 unspecified atom stereocenters. The number of aromatic nitrogens is 3. The second kappa shape index (κ2) is 9.75. The molecule has 4 heterocycles. The minimum atomic E-state index is -2.50. The maximum Gasteiger partial charge on any atom is 0.250 e. The number of rotatable bonds is 7. The molecule has 2 aromatic heterocycles. The lowest BCUT2D eigenvalue weighted by Gasteiger charge is -2.41. The molecule has 3 aliphatic rings. The van der Waals surface area contributed by atoms with Gasteiger partial charge in [0.05, 0.1) is 17.1 Å². The number of nitrogen functional groups attached to an aromatic ring is 1. The molecule has 0 amide bonds. The summed E-state index contributed by atoms with van der Waals surface area (Å²) in [5, 5.41) is 0.854. The van der Waals surface area contributed by atoms with Crippen LogP contribution in [0.4, 0.5) is 14.6 Å². The van der Waals surface area contributed by atoms with Crippen molar-refractivity contribution in [3.05, 3.63) is 36.8 Å². The summed E-state index contributed by atoms with van der Waals surface area (Å²) in [5.74, 6) is -0.738. The molecule has 1 aliphatic carbocycles. The molecule has 0 spiro atoms. The van der Waals surface area contributed by atoms with Crippen LogP contribution in [0.25, 0.3) is 22.2 Å². The van der Waals surface area contributed by atoms with E-state index in [1.165, 1.54) is 6.33 Å². The Morgan fingerprint density at radius 2 is 1.92 bits per heavy atom. The van der Waals surface area contributed by atoms with Crippen molar-refractivity contribution in [3.63, 3.8) is 0 Å². The number of hydrogen-bond acceptors (Lipinski definition) is 6. The Morgan fingerprint density at radius 1 is 1.13 bits per heavy atom. The third kappa shape index (κ3) is 5.23. The molecule has 2 N–H and O–H groups in total. The zero-order valence-electron chi connectivity index (χ0n) is 22.2. The molecule has 204 valence electrons. The Kier molecular flexibility index (Phi) is 6.54. The molecule has 38 heavy (non-hydrogen) atoms. The molecular weight excluding hydrogens is 488 g/mol. The van der Waals surface area contributed by atoms with E-state index in [4.69, 9.17) is 15.2 Å². The summed E-state index contributed by atoms with van der Waals surface area (Å²) < 4.78 is 41.5. The second-order valence-electron chi connectivity index (χ2n) is 11.9. The first kappa shape index (κ1) is 25.5. The van der Waals surface area contributed by atoms with E-state index in [-0.39, 0.29) is 24.5 Å². The van der Waals surface area contributed by atoms with E-state index in [9.17, 15) is 8.78 Å². The summed E-state index contributed by atoms with van der Waals surface area (Å²) in [5.41, 5.74) is 9.11. The Balaban J connectivity index is 1.17. The Bertz CT molecular complexity index is 1290. The van der Waals surface area contributed by atoms with Gasteiger partial charge in [0.25, 0.3) is 5.92 Å². The highest BCUT2D eigenvalue weighted by Gasteiger charge is 2.38. The SMILES string of the molecule is CC1(C)CC[C@H](COc2cccc(-c3cn(C4CC(CN5CCC(F)(F)CC5)C4)c4ncnc(N)c34)c2)O1. The number of nitrogens with zero attached hydrogens (tertiary/aromatic N) is 4. The largest absolute Gasteiger partial charge is 0.491 e. The molecule has 0 radical (unpaired) electrons. The van der Waals surface area contributed by atoms with Gasteiger partial charge in [-0.2, -0.15) is 0 Å². The third-order valence-corrected chi connectivity index (χ3v) is 8.48. The minimum Gasteiger partial charge on any atom is -0.491 e. The normalized spacial score (nSPS) is 26.9. The summed E-state index contributed by atoms with van der Waals surface area (Å²) in [6, 6.07) is 8.37. The van der Waals surface area contributed by atoms with Gasteiger partial charge in [0.1, 0.15) is 30.1 Å². The number of anilines is 1. The van der Waals surface area contributed by atoms with Gasteiger partial charge in [0.15, 0.2) is 0 Å². The van der Waals surface area contributed by atoms with E-state index in [0.717, 1.165) is 60.1 Å². The molecule has 6 rings (SSSR count). The van der Waals surface area contributed by atoms with Gasteiger partial charge in [-0.3, -0.25) is 0 Å². The number of halogens is 2. The number of piperidine rings is 1. The van der Waals surface area contributed by atoms with Crippen LogP contribution >= 0.6 is 0 Å². The fraction of sp³-hybridized carbons (Fsp3) is 0.586. The summed E-state index contributed by atoms with van der Waals surface area (Å²) in [7, 11) is 0. The lowest BCUT2D eigenvalue weighted by Crippen LogP contribution is -2.44. The molecule has 7 nitrogen and oxygen atoms in total. The summed E-state index contributed by atoms with van der Waals surface area (Å²) >= 11 is 0. The fourth-order valence-corrected chi connectivity index (χ4v) is 6.25. The summed E-state index contributed by atoms with van der Waals surface area (Å²) in [6.07, 6.45) is 7.74. The topological polar surface area (TPSA) is 78.4 Å². The van der Waals surface area contributed by atoms with Crippen molar-refractivity contribution < 1.29 is 18.3 Å². The highest BCUT2D eigenvalue weighted by atomic mass is 19.3. The lowest BCUT2D eigenvalue weighted by atomic mass is 9.79. The van der Waals surface area contributed by atoms with Crippen LogP contribution in [0.1, 0.15) is 58.4 Å². The smallest absolute Gasteiger partial charge is 0.250 e. The monoisotopic (exact) mass is 525 g/mol. The molecule has 3 aromatic rings. The molecule has 1 saturated carbocycles. The van der Waals surface area contributed by atoms with Gasteiger partial charge in [0.2, 0.25) is 0 Å². The van der Waals surface area contributed by atoms with Crippen LogP contribution in [0.3, 0.4) is 0 Å². The minimum absolute atomic E-state index is 0.0284. The first-order chi connectivity index (χ1) is 18.2. The van der Waals surface area contributed by atoms with E-state index in [2.05, 4.69) is 45.5 Å². The Morgan fingerprint density at radius 3 is 2.66 bits per heavy atom. The van der Waals surface area contributed by atoms with Gasteiger partial charge >= 0.3 is 0 Å². The summed E-state index contributed by atoms with van der Waals surface area (Å²) in [6.45, 7) is 6.62. The Hall–Kier alpha value is -2.78. The number of alkyl halides is 2. The Labute approximate surface area is 222 Å². The van der Waals surface area contributed by atoms with E-state index >= 15 is 0 Å². The van der Waals surface area contributed by atoms with Crippen molar-refractivity contribution in [1.82, 2.24) is 19.4 Å². The number of likely N-dealkylation sites (tertiary alicyclic amines) is 1. The van der Waals surface area contributed by atoms with Gasteiger partial charge in [-0.05, 0) is 63.1 Å². The molecule has 1 aromatic carbocycles. The average Bonchev–Trinajstić information content (AvgIpc) is 3.41. The zero-order chi connectivity index (χ0) is 26.5. The van der Waals surface area contributed by atoms with E-state index in [0.29, 0.717) is 37.5 Å². The van der Waals surface area contributed by atoms with Crippen LogP contribution in [0.15, 0.2) is 36.8 Å². The quantitative estimate of drug-likeness (QED) is 0.426. The number of ether oxygens (including phenoxy) is 2. The number of nitrogens with two attached hydrogens (primary N) is 1. The lowest BCUT2D eigenvalue weighted by molar-refractivity contribution is -0.0603. The van der Waals surface area contributed by atoms with Crippen molar-refractivity contribution in [1.29, 1.82) is 0 Å². The van der Waals surface area contributed by atoms with Crippen LogP contribution in [0.5, 0.6) is 5.75 Å². The van der Waals surface area contributed by atoms with Gasteiger partial charge < -0.3 is 24.7 Å². The first-order valence-electron chi connectivity index (χ1n) is 13.8. The molecule has 1 atom stereocenters. The summed E-state index contributed by atoms with van der Waals surface area (Å²) in [4.78, 5) is 11.1. The maximum atomic E-state index is 13.5. The van der Waals surface area contributed by atoms with Gasteiger partial charge in [0, 0.05) is 50.3 Å². The standard InChI is InChI=1S/C29H37F2N5O2/c1-28(2)7-6-23(38-28)17-37-22-5-3-4-20(14-22)24-16-36(27-25(24)26(32)33-18-34-27)21-12-19(13-21)15-35-10-8-29(30,31)9-11-35/h3-5,14,16,18-19,21,23H,6-13,15,17H2,1-2H3,(H2,32,33,34)/t19?,21?,23-/m1/s1. The van der Waals surface area contributed by atoms with Crippen molar-refractivity contribution >= 4 is 16.9 Å². The van der Waals surface area contributed by atoms with Gasteiger partial charge in [-0.25, -0.2) is 18.7 Å². The second-order valence-corrected chi connectivity index (χ2v) is 11.9. The molecule has 0 bridgehead atoms. The van der Waals surface area contributed by atoms with Crippen molar-refractivity contribution in [2.24, 2.45) is 5.92 Å². The average molecular weight is 526 g/mol. The molecular formula is C29H37F2N5O2. The first-order valence-corrected chi connectivity index (χ1v) is 13.8. The van der Waals surface area contributed by atoms with Crippen molar-refractivity contribution in [3.8, 4) is 16.9 Å². The molecule has 2 saturated heterocycles. The van der Waals surface area contributed by atoms with E-state index < -0.39 is 5.92 Å². The van der Waals surface area contributed by atoms with E-state index in [1.54, 1.807) is 0 Å².